The first-order chi connectivity index (χ1) is 4.63. The fourth-order valence-corrected chi connectivity index (χ4v) is 1.60. The molecule has 0 fully saturated rings. The van der Waals surface area contributed by atoms with Crippen LogP contribution >= 0.6 is 0 Å². The van der Waals surface area contributed by atoms with Crippen LogP contribution in [0, 0.1) is 0 Å². The fourth-order valence-electron chi connectivity index (χ4n) is 1.60. The zero-order valence-corrected chi connectivity index (χ0v) is 9.28. The Kier molecular flexibility index (Phi) is 9.45. The summed E-state index contributed by atoms with van der Waals surface area (Å²) in [5, 5.41) is 0. The second-order valence-corrected chi connectivity index (χ2v) is 4.08. The molecule has 2 atom stereocenters. The zero-order chi connectivity index (χ0) is 8.15. The van der Waals surface area contributed by atoms with Crippen molar-refractivity contribution in [2.45, 2.75) is 59.0 Å². The molecule has 0 aliphatic carbocycles. The van der Waals surface area contributed by atoms with Crippen LogP contribution in [0.2, 0.25) is 18.5 Å². The van der Waals surface area contributed by atoms with Gasteiger partial charge in [0.05, 0.1) is 0 Å². The Morgan fingerprint density at radius 1 is 1.00 bits per heavy atom. The molecule has 0 aromatic carbocycles. The van der Waals surface area contributed by atoms with Gasteiger partial charge in [-0.1, -0.05) is 40.5 Å². The van der Waals surface area contributed by atoms with Crippen LogP contribution in [-0.4, -0.2) is 6.71 Å². The van der Waals surface area contributed by atoms with Crippen molar-refractivity contribution in [2.24, 2.45) is 0 Å². The van der Waals surface area contributed by atoms with Crippen LogP contribution in [-0.2, 0) is 0 Å². The Balaban J connectivity index is 0. The first kappa shape index (κ1) is 14.2. The molecular weight excluding hydrogens is 126 g/mol. The molecule has 0 aliphatic rings. The van der Waals surface area contributed by atoms with Crippen molar-refractivity contribution in [3.63, 3.8) is 0 Å². The summed E-state index contributed by atoms with van der Waals surface area (Å²) in [4.78, 5) is 0. The van der Waals surface area contributed by atoms with Crippen LogP contribution in [0.25, 0.3) is 0 Å². The van der Waals surface area contributed by atoms with Gasteiger partial charge in [0.15, 0.2) is 0 Å². The van der Waals surface area contributed by atoms with Gasteiger partial charge < -0.3 is 0 Å². The van der Waals surface area contributed by atoms with Gasteiger partial charge in [0.2, 0.25) is 0 Å². The first-order valence-corrected chi connectivity index (χ1v) is 4.91. The van der Waals surface area contributed by atoms with Crippen LogP contribution in [0.5, 0.6) is 0 Å². The topological polar surface area (TPSA) is 0 Å². The minimum Gasteiger partial charge on any atom is -0.192 e. The van der Waals surface area contributed by atoms with Gasteiger partial charge in [0, 0.05) is 0 Å². The van der Waals surface area contributed by atoms with E-state index in [1.165, 1.54) is 12.8 Å². The summed E-state index contributed by atoms with van der Waals surface area (Å²) in [7, 11) is 0. The molecule has 0 saturated heterocycles. The smallest absolute Gasteiger partial charge is 0.192 e. The molecular formula is C9H22BLi. The van der Waals surface area contributed by atoms with Crippen LogP contribution in [0.15, 0.2) is 0 Å². The summed E-state index contributed by atoms with van der Waals surface area (Å²) in [6.45, 7) is 12.0. The van der Waals surface area contributed by atoms with Gasteiger partial charge in [0.25, 0.3) is 0 Å². The van der Waals surface area contributed by atoms with E-state index in [-0.39, 0.29) is 25.6 Å². The van der Waals surface area contributed by atoms with Gasteiger partial charge in [0.1, 0.15) is 0 Å². The van der Waals surface area contributed by atoms with E-state index in [0.717, 1.165) is 11.6 Å². The van der Waals surface area contributed by atoms with Crippen LogP contribution in [0.4, 0.5) is 0 Å². The molecule has 0 rings (SSSR count). The molecule has 0 bridgehead atoms. The zero-order valence-electron chi connectivity index (χ0n) is 9.28. The Hall–Kier alpha value is 0.662. The van der Waals surface area contributed by atoms with E-state index in [9.17, 15) is 0 Å². The van der Waals surface area contributed by atoms with Crippen LogP contribution in [0.1, 0.15) is 40.5 Å². The summed E-state index contributed by atoms with van der Waals surface area (Å²) in [5.41, 5.74) is 0. The monoisotopic (exact) mass is 148 g/mol. The van der Waals surface area contributed by atoms with Gasteiger partial charge in [-0.25, -0.2) is 0 Å². The predicted octanol–water partition coefficient (Wildman–Crippen LogP) is 0.448. The molecule has 2 heteroatoms. The summed E-state index contributed by atoms with van der Waals surface area (Å²) in [5.74, 6) is 1.96. The average molecular weight is 148 g/mol. The minimum absolute atomic E-state index is 0. The normalized spacial score (nSPS) is 18.3. The van der Waals surface area contributed by atoms with E-state index >= 15 is 0 Å². The maximum atomic E-state index is 2.46. The standard InChI is InChI=1S/C9H22B.Li/c1-6-8(3)10(5)9(4)7-2;/h8-10H,6-7H2,1-5H3;/q-1;+1. The maximum absolute atomic E-state index is 2.46. The quantitative estimate of drug-likeness (QED) is 0.507. The molecule has 0 aromatic rings. The molecule has 0 aliphatic heterocycles. The van der Waals surface area contributed by atoms with Gasteiger partial charge in [-0.2, -0.15) is 18.5 Å². The number of hydrogen-bond acceptors (Lipinski definition) is 0. The first-order valence-electron chi connectivity index (χ1n) is 4.91. The maximum Gasteiger partial charge on any atom is 1.00 e. The Morgan fingerprint density at radius 3 is 1.45 bits per heavy atom. The van der Waals surface area contributed by atoms with E-state index in [1.54, 1.807) is 0 Å². The molecule has 0 aromatic heterocycles. The molecule has 0 spiro atoms. The van der Waals surface area contributed by atoms with Gasteiger partial charge >= 0.3 is 18.9 Å². The van der Waals surface area contributed by atoms with Crippen molar-refractivity contribution in [1.29, 1.82) is 0 Å². The fraction of sp³-hybridized carbons (Fsp3) is 1.00. The van der Waals surface area contributed by atoms with Crippen molar-refractivity contribution >= 4 is 6.71 Å². The average Bonchev–Trinajstić information content (AvgIpc) is 2.00. The van der Waals surface area contributed by atoms with Crippen molar-refractivity contribution in [3.8, 4) is 0 Å². The molecule has 0 heterocycles. The Morgan fingerprint density at radius 2 is 1.27 bits per heavy atom. The third-order valence-corrected chi connectivity index (χ3v) is 3.59. The molecule has 0 N–H and O–H groups in total. The van der Waals surface area contributed by atoms with Crippen molar-refractivity contribution < 1.29 is 18.9 Å². The second kappa shape index (κ2) is 7.32. The molecule has 0 amide bonds. The third-order valence-electron chi connectivity index (χ3n) is 3.59. The van der Waals surface area contributed by atoms with Crippen molar-refractivity contribution in [2.75, 3.05) is 0 Å². The van der Waals surface area contributed by atoms with E-state index in [4.69, 9.17) is 0 Å². The summed E-state index contributed by atoms with van der Waals surface area (Å²) in [6.07, 6.45) is 2.72. The molecule has 0 nitrogen and oxygen atoms in total. The number of rotatable bonds is 4. The SMILES string of the molecule is CCC(C)[BH-](C)C(C)CC.[Li+]. The summed E-state index contributed by atoms with van der Waals surface area (Å²) >= 11 is 0. The third kappa shape index (κ3) is 4.99. The number of hydrogen-bond donors (Lipinski definition) is 0. The van der Waals surface area contributed by atoms with Crippen LogP contribution in [0.3, 0.4) is 0 Å². The summed E-state index contributed by atoms with van der Waals surface area (Å²) in [6, 6.07) is 0. The Bertz CT molecular complexity index is 75.6. The Labute approximate surface area is 84.8 Å². The molecule has 62 valence electrons. The van der Waals surface area contributed by atoms with Crippen LogP contribution < -0.4 is 18.9 Å². The second-order valence-electron chi connectivity index (χ2n) is 4.08. The van der Waals surface area contributed by atoms with E-state index in [0.29, 0.717) is 0 Å². The minimum atomic E-state index is 0. The van der Waals surface area contributed by atoms with Gasteiger partial charge in [-0.3, -0.25) is 0 Å². The van der Waals surface area contributed by atoms with E-state index in [1.807, 2.05) is 0 Å². The largest absolute Gasteiger partial charge is 1.00 e. The van der Waals surface area contributed by atoms with E-state index in [2.05, 4.69) is 34.5 Å². The summed E-state index contributed by atoms with van der Waals surface area (Å²) < 4.78 is 0. The van der Waals surface area contributed by atoms with Gasteiger partial charge in [-0.15, -0.1) is 0 Å². The molecule has 11 heavy (non-hydrogen) atoms. The van der Waals surface area contributed by atoms with Crippen molar-refractivity contribution in [1.82, 2.24) is 0 Å². The van der Waals surface area contributed by atoms with E-state index < -0.39 is 0 Å². The van der Waals surface area contributed by atoms with Crippen molar-refractivity contribution in [3.05, 3.63) is 0 Å². The van der Waals surface area contributed by atoms with Gasteiger partial charge in [-0.05, 0) is 6.71 Å². The predicted molar refractivity (Wildman–Crippen MR) is 52.4 cm³/mol. The molecule has 0 saturated carbocycles. The molecule has 2 unspecified atom stereocenters. The molecule has 0 radical (unpaired) electrons.